The fraction of sp³-hybridized carbons (Fsp3) is 0.273. The van der Waals surface area contributed by atoms with Crippen LogP contribution in [0.3, 0.4) is 0 Å². The Bertz CT molecular complexity index is 1110. The van der Waals surface area contributed by atoms with E-state index in [9.17, 15) is 20.0 Å². The van der Waals surface area contributed by atoms with Gasteiger partial charge >= 0.3 is 0 Å². The van der Waals surface area contributed by atoms with E-state index in [1.807, 2.05) is 45.9 Å². The standard InChI is InChI=1S/C22H24N4O4/c1-13-8-7-9-14(22(2,3)4)18(13)25-21(28)20(27)19(26(29)30)17-12-23-15-10-5-6-11-16(15)24-17/h5-12,19,26,29H,1-4H3,(H,25,28). The maximum atomic E-state index is 12.8. The van der Waals surface area contributed by atoms with Crippen LogP contribution in [0.15, 0.2) is 48.7 Å². The number of hydrogen-bond donors (Lipinski definition) is 3. The van der Waals surface area contributed by atoms with Crippen LogP contribution in [0, 0.1) is 12.1 Å². The van der Waals surface area contributed by atoms with Crippen LogP contribution in [0.2, 0.25) is 0 Å². The molecule has 0 aliphatic heterocycles. The van der Waals surface area contributed by atoms with Crippen LogP contribution >= 0.6 is 0 Å². The molecule has 0 fully saturated rings. The molecular formula is C22H24N4O4. The number of Topliss-reactive ketones (excluding diaryl/α,β-unsaturated/α-hetero) is 1. The third-order valence-corrected chi connectivity index (χ3v) is 4.82. The van der Waals surface area contributed by atoms with Gasteiger partial charge in [-0.3, -0.25) is 14.6 Å². The molecule has 1 heterocycles. The number of para-hydroxylation sites is 3. The van der Waals surface area contributed by atoms with Crippen LogP contribution in [-0.4, -0.2) is 26.9 Å². The molecule has 2 atom stereocenters. The Balaban J connectivity index is 1.94. The first kappa shape index (κ1) is 21.5. The molecule has 0 spiro atoms. The maximum Gasteiger partial charge on any atom is 0.298 e. The van der Waals surface area contributed by atoms with Crippen LogP contribution in [0.4, 0.5) is 5.69 Å². The van der Waals surface area contributed by atoms with Crippen molar-refractivity contribution in [3.05, 3.63) is 70.7 Å². The number of anilines is 1. The molecule has 2 unspecified atom stereocenters. The largest absolute Gasteiger partial charge is 0.599 e. The van der Waals surface area contributed by atoms with E-state index in [1.54, 1.807) is 24.3 Å². The normalized spacial score (nSPS) is 13.7. The number of aromatic nitrogens is 2. The SMILES string of the molecule is Cc1cccc(C(C)(C)C)c1NC(=O)C(=O)C(c1cnc2ccccc2n1)[NH+]([O-])O. The highest BCUT2D eigenvalue weighted by atomic mass is 16.8. The second-order valence-corrected chi connectivity index (χ2v) is 8.12. The van der Waals surface area contributed by atoms with E-state index in [-0.39, 0.29) is 11.1 Å². The van der Waals surface area contributed by atoms with Crippen LogP contribution in [0.5, 0.6) is 0 Å². The second-order valence-electron chi connectivity index (χ2n) is 8.12. The molecule has 3 aromatic rings. The number of nitrogens with one attached hydrogen (secondary N) is 2. The van der Waals surface area contributed by atoms with Crippen molar-refractivity contribution in [1.29, 1.82) is 0 Å². The summed E-state index contributed by atoms with van der Waals surface area (Å²) in [6.45, 7) is 7.79. The molecule has 1 amide bonds. The lowest BCUT2D eigenvalue weighted by Crippen LogP contribution is -3.06. The van der Waals surface area contributed by atoms with E-state index in [0.717, 1.165) is 11.1 Å². The van der Waals surface area contributed by atoms with Crippen molar-refractivity contribution >= 4 is 28.4 Å². The van der Waals surface area contributed by atoms with Crippen molar-refractivity contribution in [3.63, 3.8) is 0 Å². The lowest BCUT2D eigenvalue weighted by molar-refractivity contribution is -1.06. The van der Waals surface area contributed by atoms with Gasteiger partial charge in [0.2, 0.25) is 6.04 Å². The highest BCUT2D eigenvalue weighted by Crippen LogP contribution is 2.32. The van der Waals surface area contributed by atoms with Crippen molar-refractivity contribution in [2.45, 2.75) is 39.2 Å². The molecule has 30 heavy (non-hydrogen) atoms. The van der Waals surface area contributed by atoms with Crippen molar-refractivity contribution < 1.29 is 20.0 Å². The Morgan fingerprint density at radius 3 is 2.40 bits per heavy atom. The lowest BCUT2D eigenvalue weighted by Gasteiger charge is -2.25. The van der Waals surface area contributed by atoms with Gasteiger partial charge in [-0.25, -0.2) is 15.4 Å². The highest BCUT2D eigenvalue weighted by Gasteiger charge is 2.35. The summed E-state index contributed by atoms with van der Waals surface area (Å²) in [5, 5.41) is 22.7. The number of carbonyl (C=O) groups is 2. The predicted molar refractivity (Wildman–Crippen MR) is 112 cm³/mol. The number of rotatable bonds is 5. The number of nitrogens with zero attached hydrogens (tertiary/aromatic N) is 2. The zero-order chi connectivity index (χ0) is 22.1. The molecule has 0 saturated heterocycles. The number of fused-ring (bicyclic) bond motifs is 1. The minimum atomic E-state index is -1.75. The number of ketones is 1. The molecule has 0 aliphatic carbocycles. The molecule has 2 aromatic carbocycles. The Morgan fingerprint density at radius 1 is 1.10 bits per heavy atom. The van der Waals surface area contributed by atoms with Gasteiger partial charge in [-0.1, -0.05) is 51.1 Å². The second kappa shape index (κ2) is 8.27. The van der Waals surface area contributed by atoms with Crippen molar-refractivity contribution in [1.82, 2.24) is 9.97 Å². The van der Waals surface area contributed by atoms with Crippen molar-refractivity contribution in [2.24, 2.45) is 0 Å². The number of aryl methyl sites for hydroxylation is 1. The average molecular weight is 408 g/mol. The summed E-state index contributed by atoms with van der Waals surface area (Å²) in [6.07, 6.45) is 1.22. The Morgan fingerprint density at radius 2 is 1.77 bits per heavy atom. The summed E-state index contributed by atoms with van der Waals surface area (Å²) in [5.74, 6) is -2.10. The first-order valence-electron chi connectivity index (χ1n) is 9.49. The molecule has 0 saturated carbocycles. The number of quaternary nitrogens is 1. The summed E-state index contributed by atoms with van der Waals surface area (Å²) in [7, 11) is 0. The topological polar surface area (TPSA) is 120 Å². The van der Waals surface area contributed by atoms with E-state index in [4.69, 9.17) is 0 Å². The number of hydrogen-bond acceptors (Lipinski definition) is 6. The number of amides is 1. The van der Waals surface area contributed by atoms with Crippen molar-refractivity contribution in [3.8, 4) is 0 Å². The van der Waals surface area contributed by atoms with Crippen LogP contribution in [0.1, 0.15) is 43.6 Å². The molecule has 8 nitrogen and oxygen atoms in total. The fourth-order valence-electron chi connectivity index (χ4n) is 3.25. The molecule has 3 N–H and O–H groups in total. The smallest absolute Gasteiger partial charge is 0.298 e. The zero-order valence-corrected chi connectivity index (χ0v) is 17.3. The van der Waals surface area contributed by atoms with Crippen LogP contribution in [-0.2, 0) is 15.0 Å². The average Bonchev–Trinajstić information content (AvgIpc) is 2.68. The molecule has 0 aliphatic rings. The third kappa shape index (κ3) is 4.35. The Hall–Kier alpha value is -3.20. The van der Waals surface area contributed by atoms with Crippen LogP contribution < -0.4 is 10.5 Å². The highest BCUT2D eigenvalue weighted by molar-refractivity contribution is 6.42. The van der Waals surface area contributed by atoms with Gasteiger partial charge in [-0.2, -0.15) is 0 Å². The summed E-state index contributed by atoms with van der Waals surface area (Å²) < 4.78 is 0. The first-order valence-corrected chi connectivity index (χ1v) is 9.49. The summed E-state index contributed by atoms with van der Waals surface area (Å²) in [4.78, 5) is 34.0. The predicted octanol–water partition coefficient (Wildman–Crippen LogP) is 2.26. The zero-order valence-electron chi connectivity index (χ0n) is 17.3. The van der Waals surface area contributed by atoms with E-state index >= 15 is 0 Å². The minimum Gasteiger partial charge on any atom is -0.599 e. The molecule has 3 rings (SSSR count). The van der Waals surface area contributed by atoms with Gasteiger partial charge in [0.25, 0.3) is 11.7 Å². The molecule has 0 bridgehead atoms. The summed E-state index contributed by atoms with van der Waals surface area (Å²) >= 11 is 0. The summed E-state index contributed by atoms with van der Waals surface area (Å²) in [5.41, 5.74) is 2.79. The molecule has 8 heteroatoms. The molecule has 1 aromatic heterocycles. The van der Waals surface area contributed by atoms with Crippen LogP contribution in [0.25, 0.3) is 11.0 Å². The van der Waals surface area contributed by atoms with Gasteiger partial charge in [-0.15, -0.1) is 0 Å². The molecule has 156 valence electrons. The first-order chi connectivity index (χ1) is 14.1. The quantitative estimate of drug-likeness (QED) is 0.440. The van der Waals surface area contributed by atoms with E-state index in [0.29, 0.717) is 16.7 Å². The molecular weight excluding hydrogens is 384 g/mol. The lowest BCUT2D eigenvalue weighted by atomic mass is 9.84. The number of carbonyl (C=O) groups excluding carboxylic acids is 2. The minimum absolute atomic E-state index is 0.0813. The Labute approximate surface area is 174 Å². The van der Waals surface area contributed by atoms with Gasteiger partial charge in [-0.05, 0) is 35.6 Å². The maximum absolute atomic E-state index is 12.8. The third-order valence-electron chi connectivity index (χ3n) is 4.82. The van der Waals surface area contributed by atoms with Gasteiger partial charge in [0.15, 0.2) is 0 Å². The number of benzene rings is 2. The van der Waals surface area contributed by atoms with E-state index in [2.05, 4.69) is 15.3 Å². The van der Waals surface area contributed by atoms with Gasteiger partial charge < -0.3 is 10.5 Å². The van der Waals surface area contributed by atoms with E-state index in [1.165, 1.54) is 6.20 Å². The van der Waals surface area contributed by atoms with Gasteiger partial charge in [0.05, 0.1) is 17.2 Å². The van der Waals surface area contributed by atoms with Gasteiger partial charge in [0.1, 0.15) is 5.69 Å². The van der Waals surface area contributed by atoms with Gasteiger partial charge in [0, 0.05) is 5.69 Å². The fourth-order valence-corrected chi connectivity index (χ4v) is 3.25. The van der Waals surface area contributed by atoms with Crippen molar-refractivity contribution in [2.75, 3.05) is 5.32 Å². The summed E-state index contributed by atoms with van der Waals surface area (Å²) in [6, 6.07) is 10.7. The monoisotopic (exact) mass is 408 g/mol. The van der Waals surface area contributed by atoms with E-state index < -0.39 is 23.0 Å². The molecule has 0 radical (unpaired) electrons. The Kier molecular flexibility index (Phi) is 5.93. The number of hydroxylamine groups is 2.